The zero-order valence-corrected chi connectivity index (χ0v) is 11.8. The van der Waals surface area contributed by atoms with Crippen LogP contribution < -0.4 is 5.73 Å². The second kappa shape index (κ2) is 5.36. The summed E-state index contributed by atoms with van der Waals surface area (Å²) in [4.78, 5) is 2.53. The van der Waals surface area contributed by atoms with Gasteiger partial charge >= 0.3 is 0 Å². The molecule has 0 aromatic carbocycles. The van der Waals surface area contributed by atoms with Gasteiger partial charge in [0.25, 0.3) is 0 Å². The van der Waals surface area contributed by atoms with Crippen LogP contribution >= 0.6 is 0 Å². The van der Waals surface area contributed by atoms with Gasteiger partial charge in [0.05, 0.1) is 17.9 Å². The molecule has 102 valence electrons. The average molecular weight is 251 g/mol. The third-order valence-electron chi connectivity index (χ3n) is 4.51. The molecule has 1 fully saturated rings. The predicted octanol–water partition coefficient (Wildman–Crippen LogP) is 1.47. The van der Waals surface area contributed by atoms with Gasteiger partial charge in [-0.15, -0.1) is 5.10 Å². The minimum atomic E-state index is -0.0000926. The first kappa shape index (κ1) is 13.5. The van der Waals surface area contributed by atoms with Crippen LogP contribution in [0.1, 0.15) is 51.3 Å². The maximum absolute atomic E-state index is 6.59. The Kier molecular flexibility index (Phi) is 4.02. The molecule has 2 rings (SSSR count). The van der Waals surface area contributed by atoms with Crippen LogP contribution in [0.25, 0.3) is 0 Å². The third kappa shape index (κ3) is 2.06. The van der Waals surface area contributed by atoms with Crippen LogP contribution in [0, 0.1) is 0 Å². The van der Waals surface area contributed by atoms with Crippen LogP contribution in [-0.2, 0) is 7.05 Å². The van der Waals surface area contributed by atoms with Crippen LogP contribution in [0.2, 0.25) is 0 Å². The van der Waals surface area contributed by atoms with Crippen molar-refractivity contribution in [3.63, 3.8) is 0 Å². The molecule has 1 unspecified atom stereocenters. The van der Waals surface area contributed by atoms with Crippen LogP contribution in [0.3, 0.4) is 0 Å². The van der Waals surface area contributed by atoms with Crippen LogP contribution in [0.5, 0.6) is 0 Å². The van der Waals surface area contributed by atoms with Crippen molar-refractivity contribution < 1.29 is 0 Å². The highest BCUT2D eigenvalue weighted by Crippen LogP contribution is 2.42. The lowest BCUT2D eigenvalue weighted by atomic mass is 9.84. The Morgan fingerprint density at radius 1 is 1.39 bits per heavy atom. The van der Waals surface area contributed by atoms with Gasteiger partial charge in [0, 0.05) is 12.6 Å². The Morgan fingerprint density at radius 2 is 2.00 bits per heavy atom. The minimum Gasteiger partial charge on any atom is -0.321 e. The highest BCUT2D eigenvalue weighted by atomic mass is 15.4. The largest absolute Gasteiger partial charge is 0.321 e. The van der Waals surface area contributed by atoms with Gasteiger partial charge in [-0.1, -0.05) is 31.9 Å². The van der Waals surface area contributed by atoms with E-state index in [4.69, 9.17) is 5.73 Å². The Labute approximate surface area is 109 Å². The number of hydrogen-bond donors (Lipinski definition) is 1. The van der Waals surface area contributed by atoms with E-state index < -0.39 is 0 Å². The van der Waals surface area contributed by atoms with Crippen LogP contribution in [0.4, 0.5) is 0 Å². The second-order valence-corrected chi connectivity index (χ2v) is 5.24. The summed E-state index contributed by atoms with van der Waals surface area (Å²) in [6.45, 7) is 6.54. The molecule has 1 aliphatic carbocycles. The fourth-order valence-corrected chi connectivity index (χ4v) is 3.52. The first-order valence-corrected chi connectivity index (χ1v) is 7.01. The Bertz CT molecular complexity index is 376. The quantitative estimate of drug-likeness (QED) is 0.861. The van der Waals surface area contributed by atoms with E-state index in [2.05, 4.69) is 29.1 Å². The van der Waals surface area contributed by atoms with E-state index in [-0.39, 0.29) is 11.6 Å². The molecule has 0 bridgehead atoms. The highest BCUT2D eigenvalue weighted by Gasteiger charge is 2.44. The van der Waals surface area contributed by atoms with Gasteiger partial charge in [0.1, 0.15) is 0 Å². The Balaban J connectivity index is 2.33. The topological polar surface area (TPSA) is 60.0 Å². The summed E-state index contributed by atoms with van der Waals surface area (Å²) in [5.41, 5.74) is 7.73. The number of nitrogens with two attached hydrogens (primary N) is 1. The lowest BCUT2D eigenvalue weighted by Crippen LogP contribution is -2.54. The smallest absolute Gasteiger partial charge is 0.0770 e. The molecule has 2 N–H and O–H groups in total. The molecule has 1 heterocycles. The number of aromatic nitrogens is 3. The summed E-state index contributed by atoms with van der Waals surface area (Å²) >= 11 is 0. The van der Waals surface area contributed by atoms with Gasteiger partial charge < -0.3 is 5.73 Å². The molecule has 1 atom stereocenters. The zero-order chi connectivity index (χ0) is 13.2. The predicted molar refractivity (Wildman–Crippen MR) is 72.1 cm³/mol. The Morgan fingerprint density at radius 3 is 2.44 bits per heavy atom. The normalized spacial score (nSPS) is 20.5. The molecule has 0 spiro atoms. The molecule has 5 heteroatoms. The molecule has 1 saturated carbocycles. The lowest BCUT2D eigenvalue weighted by molar-refractivity contribution is 0.0743. The van der Waals surface area contributed by atoms with E-state index in [0.717, 1.165) is 18.8 Å². The van der Waals surface area contributed by atoms with E-state index in [9.17, 15) is 0 Å². The molecular weight excluding hydrogens is 226 g/mol. The van der Waals surface area contributed by atoms with Gasteiger partial charge in [-0.05, 0) is 25.9 Å². The molecule has 5 nitrogen and oxygen atoms in total. The SMILES string of the molecule is CCN(CC)C1(C(N)c2cnnn2C)CCCC1. The fourth-order valence-electron chi connectivity index (χ4n) is 3.52. The van der Waals surface area contributed by atoms with E-state index >= 15 is 0 Å². The number of rotatable bonds is 5. The average Bonchev–Trinajstić information content (AvgIpc) is 3.00. The molecule has 1 aromatic heterocycles. The first-order chi connectivity index (χ1) is 8.65. The fraction of sp³-hybridized carbons (Fsp3) is 0.846. The number of aryl methyl sites for hydroxylation is 1. The molecule has 0 radical (unpaired) electrons. The molecule has 1 aromatic rings. The number of hydrogen-bond acceptors (Lipinski definition) is 4. The van der Waals surface area contributed by atoms with Gasteiger partial charge in [0.15, 0.2) is 0 Å². The maximum atomic E-state index is 6.59. The van der Waals surface area contributed by atoms with Crippen molar-refractivity contribution in [1.82, 2.24) is 19.9 Å². The first-order valence-electron chi connectivity index (χ1n) is 7.01. The third-order valence-corrected chi connectivity index (χ3v) is 4.51. The van der Waals surface area contributed by atoms with Crippen molar-refractivity contribution in [3.8, 4) is 0 Å². The summed E-state index contributed by atoms with van der Waals surface area (Å²) in [7, 11) is 1.92. The molecule has 0 saturated heterocycles. The summed E-state index contributed by atoms with van der Waals surface area (Å²) < 4.78 is 1.81. The molecule has 18 heavy (non-hydrogen) atoms. The standard InChI is InChI=1S/C13H25N5/c1-4-18(5-2)13(8-6-7-9-13)12(14)11-10-15-16-17(11)3/h10,12H,4-9,14H2,1-3H3. The maximum Gasteiger partial charge on any atom is 0.0770 e. The van der Waals surface area contributed by atoms with Crippen LogP contribution in [-0.4, -0.2) is 38.5 Å². The van der Waals surface area contributed by atoms with E-state index in [1.165, 1.54) is 25.7 Å². The van der Waals surface area contributed by atoms with E-state index in [1.54, 1.807) is 0 Å². The molecule has 0 amide bonds. The summed E-state index contributed by atoms with van der Waals surface area (Å²) in [5.74, 6) is 0. The summed E-state index contributed by atoms with van der Waals surface area (Å²) in [5, 5.41) is 7.99. The van der Waals surface area contributed by atoms with Crippen molar-refractivity contribution in [2.24, 2.45) is 12.8 Å². The van der Waals surface area contributed by atoms with Crippen molar-refractivity contribution in [1.29, 1.82) is 0 Å². The summed E-state index contributed by atoms with van der Waals surface area (Å²) in [6.07, 6.45) is 6.72. The monoisotopic (exact) mass is 251 g/mol. The molecule has 1 aliphatic rings. The highest BCUT2D eigenvalue weighted by molar-refractivity contribution is 5.14. The Hall–Kier alpha value is -0.940. The van der Waals surface area contributed by atoms with E-state index in [0.29, 0.717) is 0 Å². The molecule has 0 aliphatic heterocycles. The molecular formula is C13H25N5. The number of nitrogens with zero attached hydrogens (tertiary/aromatic N) is 4. The number of likely N-dealkylation sites (N-methyl/N-ethyl adjacent to an activating group) is 1. The second-order valence-electron chi connectivity index (χ2n) is 5.24. The summed E-state index contributed by atoms with van der Waals surface area (Å²) in [6, 6.07) is -0.0000926. The van der Waals surface area contributed by atoms with Gasteiger partial charge in [-0.2, -0.15) is 0 Å². The van der Waals surface area contributed by atoms with Crippen molar-refractivity contribution >= 4 is 0 Å². The van der Waals surface area contributed by atoms with Gasteiger partial charge in [-0.25, -0.2) is 0 Å². The van der Waals surface area contributed by atoms with Crippen molar-refractivity contribution in [3.05, 3.63) is 11.9 Å². The van der Waals surface area contributed by atoms with Crippen molar-refractivity contribution in [2.45, 2.75) is 51.1 Å². The van der Waals surface area contributed by atoms with Crippen LogP contribution in [0.15, 0.2) is 6.20 Å². The van der Waals surface area contributed by atoms with Crippen molar-refractivity contribution in [2.75, 3.05) is 13.1 Å². The zero-order valence-electron chi connectivity index (χ0n) is 11.8. The van der Waals surface area contributed by atoms with Gasteiger partial charge in [-0.3, -0.25) is 9.58 Å². The minimum absolute atomic E-state index is 0.0000926. The van der Waals surface area contributed by atoms with E-state index in [1.807, 2.05) is 17.9 Å². The van der Waals surface area contributed by atoms with Gasteiger partial charge in [0.2, 0.25) is 0 Å². The lowest BCUT2D eigenvalue weighted by Gasteiger charge is -2.44.